The van der Waals surface area contributed by atoms with E-state index in [9.17, 15) is 9.59 Å². The molecule has 0 aliphatic rings. The van der Waals surface area contributed by atoms with E-state index in [1.807, 2.05) is 18.4 Å². The molecule has 2 rings (SSSR count). The first-order chi connectivity index (χ1) is 8.99. The summed E-state index contributed by atoms with van der Waals surface area (Å²) in [7, 11) is 0. The minimum Gasteiger partial charge on any atom is -0.347 e. The summed E-state index contributed by atoms with van der Waals surface area (Å²) in [5.74, 6) is -0.327. The summed E-state index contributed by atoms with van der Waals surface area (Å²) in [5, 5.41) is 4.78. The summed E-state index contributed by atoms with van der Waals surface area (Å²) in [5.41, 5.74) is 2.47. The summed E-state index contributed by atoms with van der Waals surface area (Å²) >= 11 is 1.60. The van der Waals surface area contributed by atoms with E-state index in [0.29, 0.717) is 12.1 Å². The molecule has 100 valence electrons. The first-order valence-corrected chi connectivity index (χ1v) is 6.88. The maximum Gasteiger partial charge on any atom is 0.261 e. The molecule has 0 aromatic carbocycles. The number of thiophene rings is 1. The number of carbonyl (C=O) groups is 1. The van der Waals surface area contributed by atoms with Crippen molar-refractivity contribution in [2.24, 2.45) is 0 Å². The van der Waals surface area contributed by atoms with Crippen LogP contribution in [0.15, 0.2) is 22.3 Å². The number of nitrogens with one attached hydrogen (secondary N) is 2. The molecule has 0 unspecified atom stereocenters. The van der Waals surface area contributed by atoms with Crippen molar-refractivity contribution in [3.63, 3.8) is 0 Å². The van der Waals surface area contributed by atoms with Gasteiger partial charge in [0.25, 0.3) is 11.5 Å². The number of pyridine rings is 1. The molecule has 0 saturated carbocycles. The van der Waals surface area contributed by atoms with Gasteiger partial charge in [-0.2, -0.15) is 0 Å². The van der Waals surface area contributed by atoms with E-state index < -0.39 is 0 Å². The lowest BCUT2D eigenvalue weighted by Crippen LogP contribution is -2.30. The second-order valence-electron chi connectivity index (χ2n) is 4.55. The van der Waals surface area contributed by atoms with Crippen molar-refractivity contribution in [3.8, 4) is 0 Å². The lowest BCUT2D eigenvalue weighted by Gasteiger charge is -2.07. The Kier molecular flexibility index (Phi) is 3.85. The fourth-order valence-electron chi connectivity index (χ4n) is 1.97. The Hall–Kier alpha value is -1.88. The number of amides is 1. The Morgan fingerprint density at radius 3 is 2.63 bits per heavy atom. The molecule has 0 aliphatic heterocycles. The van der Waals surface area contributed by atoms with Gasteiger partial charge in [-0.25, -0.2) is 0 Å². The average Bonchev–Trinajstić information content (AvgIpc) is 2.70. The highest BCUT2D eigenvalue weighted by atomic mass is 32.1. The summed E-state index contributed by atoms with van der Waals surface area (Å²) in [6.45, 7) is 6.02. The average molecular weight is 276 g/mol. The topological polar surface area (TPSA) is 62.0 Å². The smallest absolute Gasteiger partial charge is 0.261 e. The first-order valence-electron chi connectivity index (χ1n) is 6.00. The molecule has 0 aliphatic carbocycles. The molecule has 2 heterocycles. The predicted octanol–water partition coefficient (Wildman–Crippen LogP) is 2.29. The molecule has 0 saturated heterocycles. The third kappa shape index (κ3) is 2.93. The SMILES string of the molecule is Cc1cc(C)c(C(=O)NCc2sccc2C)c(=O)[nH]1. The van der Waals surface area contributed by atoms with Crippen molar-refractivity contribution in [2.75, 3.05) is 0 Å². The third-order valence-electron chi connectivity index (χ3n) is 2.97. The number of H-pyrrole nitrogens is 1. The minimum absolute atomic E-state index is 0.194. The van der Waals surface area contributed by atoms with Crippen LogP contribution in [-0.2, 0) is 6.54 Å². The van der Waals surface area contributed by atoms with Gasteiger partial charge >= 0.3 is 0 Å². The predicted molar refractivity (Wildman–Crippen MR) is 76.8 cm³/mol. The Balaban J connectivity index is 2.17. The van der Waals surface area contributed by atoms with Crippen LogP contribution in [0.3, 0.4) is 0 Å². The van der Waals surface area contributed by atoms with Gasteiger partial charge in [0.05, 0.1) is 6.54 Å². The molecule has 5 heteroatoms. The van der Waals surface area contributed by atoms with E-state index in [0.717, 1.165) is 16.1 Å². The largest absolute Gasteiger partial charge is 0.347 e. The minimum atomic E-state index is -0.335. The van der Waals surface area contributed by atoms with Gasteiger partial charge in [0, 0.05) is 10.6 Å². The number of hydrogen-bond donors (Lipinski definition) is 2. The Morgan fingerprint density at radius 1 is 1.32 bits per heavy atom. The number of rotatable bonds is 3. The zero-order chi connectivity index (χ0) is 14.0. The van der Waals surface area contributed by atoms with Crippen LogP contribution in [0.5, 0.6) is 0 Å². The maximum absolute atomic E-state index is 12.1. The lowest BCUT2D eigenvalue weighted by molar-refractivity contribution is 0.0949. The van der Waals surface area contributed by atoms with Crippen LogP contribution >= 0.6 is 11.3 Å². The van der Waals surface area contributed by atoms with E-state index in [1.165, 1.54) is 0 Å². The molecule has 1 amide bonds. The van der Waals surface area contributed by atoms with E-state index in [4.69, 9.17) is 0 Å². The van der Waals surface area contributed by atoms with Crippen molar-refractivity contribution in [1.82, 2.24) is 10.3 Å². The standard InChI is InChI=1S/C14H16N2O2S/c1-8-4-5-19-11(8)7-15-13(17)12-9(2)6-10(3)16-14(12)18/h4-6H,7H2,1-3H3,(H,15,17)(H,16,18). The number of aryl methyl sites for hydroxylation is 3. The third-order valence-corrected chi connectivity index (χ3v) is 3.99. The van der Waals surface area contributed by atoms with E-state index in [2.05, 4.69) is 10.3 Å². The quantitative estimate of drug-likeness (QED) is 0.903. The summed E-state index contributed by atoms with van der Waals surface area (Å²) < 4.78 is 0. The van der Waals surface area contributed by atoms with Crippen LogP contribution in [0.25, 0.3) is 0 Å². The molecular formula is C14H16N2O2S. The second-order valence-corrected chi connectivity index (χ2v) is 5.55. The molecule has 0 fully saturated rings. The van der Waals surface area contributed by atoms with Crippen LogP contribution in [0.4, 0.5) is 0 Å². The molecule has 2 N–H and O–H groups in total. The van der Waals surface area contributed by atoms with Crippen molar-refractivity contribution in [2.45, 2.75) is 27.3 Å². The van der Waals surface area contributed by atoms with Crippen LogP contribution in [0.2, 0.25) is 0 Å². The summed E-state index contributed by atoms with van der Waals surface area (Å²) in [6, 6.07) is 3.81. The van der Waals surface area contributed by atoms with Gasteiger partial charge in [-0.05, 0) is 49.4 Å². The summed E-state index contributed by atoms with van der Waals surface area (Å²) in [4.78, 5) is 27.7. The molecule has 19 heavy (non-hydrogen) atoms. The van der Waals surface area contributed by atoms with Gasteiger partial charge in [0.2, 0.25) is 0 Å². The van der Waals surface area contributed by atoms with Crippen LogP contribution in [0, 0.1) is 20.8 Å². The van der Waals surface area contributed by atoms with Gasteiger partial charge in [-0.1, -0.05) is 0 Å². The molecule has 0 spiro atoms. The zero-order valence-electron chi connectivity index (χ0n) is 11.2. The number of carbonyl (C=O) groups excluding carboxylic acids is 1. The Labute approximate surface area is 115 Å². The molecule has 4 nitrogen and oxygen atoms in total. The number of aromatic amines is 1. The zero-order valence-corrected chi connectivity index (χ0v) is 12.0. The van der Waals surface area contributed by atoms with Gasteiger partial charge in [-0.15, -0.1) is 11.3 Å². The summed E-state index contributed by atoms with van der Waals surface area (Å²) in [6.07, 6.45) is 0. The monoisotopic (exact) mass is 276 g/mol. The van der Waals surface area contributed by atoms with E-state index in [1.54, 1.807) is 31.3 Å². The molecule has 0 radical (unpaired) electrons. The number of hydrogen-bond acceptors (Lipinski definition) is 3. The fraction of sp³-hybridized carbons (Fsp3) is 0.286. The van der Waals surface area contributed by atoms with Crippen molar-refractivity contribution in [1.29, 1.82) is 0 Å². The van der Waals surface area contributed by atoms with E-state index in [-0.39, 0.29) is 17.0 Å². The van der Waals surface area contributed by atoms with Crippen LogP contribution in [0.1, 0.15) is 32.1 Å². The first kappa shape index (κ1) is 13.5. The fourth-order valence-corrected chi connectivity index (χ4v) is 2.82. The number of aromatic nitrogens is 1. The highest BCUT2D eigenvalue weighted by Crippen LogP contribution is 2.15. The molecule has 2 aromatic rings. The Morgan fingerprint density at radius 2 is 2.05 bits per heavy atom. The normalized spacial score (nSPS) is 10.5. The van der Waals surface area contributed by atoms with Gasteiger partial charge in [0.1, 0.15) is 5.56 Å². The molecular weight excluding hydrogens is 260 g/mol. The lowest BCUT2D eigenvalue weighted by atomic mass is 10.1. The maximum atomic E-state index is 12.1. The molecule has 0 bridgehead atoms. The van der Waals surface area contributed by atoms with E-state index >= 15 is 0 Å². The van der Waals surface area contributed by atoms with Crippen molar-refractivity contribution in [3.05, 3.63) is 55.1 Å². The van der Waals surface area contributed by atoms with Crippen LogP contribution < -0.4 is 10.9 Å². The second kappa shape index (κ2) is 5.40. The molecule has 0 atom stereocenters. The molecule has 2 aromatic heterocycles. The van der Waals surface area contributed by atoms with Gasteiger partial charge in [0.15, 0.2) is 0 Å². The van der Waals surface area contributed by atoms with Crippen molar-refractivity contribution >= 4 is 17.2 Å². The highest BCUT2D eigenvalue weighted by molar-refractivity contribution is 7.10. The van der Waals surface area contributed by atoms with Crippen molar-refractivity contribution < 1.29 is 4.79 Å². The Bertz CT molecular complexity index is 670. The van der Waals surface area contributed by atoms with Crippen LogP contribution in [-0.4, -0.2) is 10.9 Å². The van der Waals surface area contributed by atoms with Gasteiger partial charge < -0.3 is 10.3 Å². The van der Waals surface area contributed by atoms with Gasteiger partial charge in [-0.3, -0.25) is 9.59 Å². The highest BCUT2D eigenvalue weighted by Gasteiger charge is 2.14.